The van der Waals surface area contributed by atoms with Gasteiger partial charge in [-0.1, -0.05) is 6.07 Å². The second kappa shape index (κ2) is 6.58. The summed E-state index contributed by atoms with van der Waals surface area (Å²) in [6.07, 6.45) is 5.14. The number of benzene rings is 1. The molecule has 1 N–H and O–H groups in total. The number of ether oxygens (including phenoxy) is 1. The van der Waals surface area contributed by atoms with Crippen molar-refractivity contribution in [1.82, 2.24) is 15.2 Å². The molecule has 0 unspecified atom stereocenters. The Morgan fingerprint density at radius 3 is 2.70 bits per heavy atom. The molecule has 112 valence electrons. The Hall–Kier alpha value is -3.39. The maximum atomic E-state index is 9.40. The number of hydrogen-bond donors (Lipinski definition) is 1. The van der Waals surface area contributed by atoms with E-state index in [1.807, 2.05) is 42.5 Å². The summed E-state index contributed by atoms with van der Waals surface area (Å²) < 4.78 is 5.17. The summed E-state index contributed by atoms with van der Waals surface area (Å²) in [6.45, 7) is 0. The molecule has 3 aromatic rings. The van der Waals surface area contributed by atoms with Gasteiger partial charge in [-0.05, 0) is 42.5 Å². The second-order valence-corrected chi connectivity index (χ2v) is 4.81. The van der Waals surface area contributed by atoms with E-state index in [0.717, 1.165) is 22.6 Å². The molecule has 0 aliphatic rings. The second-order valence-electron chi connectivity index (χ2n) is 4.81. The zero-order valence-electron chi connectivity index (χ0n) is 12.5. The van der Waals surface area contributed by atoms with Gasteiger partial charge in [-0.3, -0.25) is 10.1 Å². The molecule has 0 saturated heterocycles. The van der Waals surface area contributed by atoms with Crippen LogP contribution in [-0.4, -0.2) is 22.3 Å². The van der Waals surface area contributed by atoms with Gasteiger partial charge in [-0.2, -0.15) is 10.4 Å². The molecule has 2 heterocycles. The molecule has 2 aromatic heterocycles. The van der Waals surface area contributed by atoms with Gasteiger partial charge in [0, 0.05) is 17.3 Å². The van der Waals surface area contributed by atoms with Crippen LogP contribution in [0.2, 0.25) is 0 Å². The number of aromatic nitrogens is 3. The fraction of sp³-hybridized carbons (Fsp3) is 0.0556. The normalized spacial score (nSPS) is 11.0. The first kappa shape index (κ1) is 14.5. The molecule has 5 heteroatoms. The minimum atomic E-state index is 0.488. The van der Waals surface area contributed by atoms with Crippen LogP contribution < -0.4 is 4.74 Å². The zero-order valence-corrected chi connectivity index (χ0v) is 12.5. The molecule has 0 atom stereocenters. The lowest BCUT2D eigenvalue weighted by molar-refractivity contribution is 0.415. The lowest BCUT2D eigenvalue weighted by atomic mass is 10.0. The van der Waals surface area contributed by atoms with Gasteiger partial charge in [-0.25, -0.2) is 0 Å². The summed E-state index contributed by atoms with van der Waals surface area (Å²) >= 11 is 0. The Bertz CT molecular complexity index is 858. The van der Waals surface area contributed by atoms with Crippen molar-refractivity contribution in [2.45, 2.75) is 0 Å². The van der Waals surface area contributed by atoms with Crippen LogP contribution in [0.3, 0.4) is 0 Å². The van der Waals surface area contributed by atoms with Gasteiger partial charge in [0.05, 0.1) is 30.3 Å². The molecule has 3 rings (SSSR count). The van der Waals surface area contributed by atoms with Gasteiger partial charge in [0.25, 0.3) is 0 Å². The van der Waals surface area contributed by atoms with E-state index in [-0.39, 0.29) is 0 Å². The molecule has 23 heavy (non-hydrogen) atoms. The molecule has 0 saturated carbocycles. The van der Waals surface area contributed by atoms with Crippen molar-refractivity contribution in [1.29, 1.82) is 5.26 Å². The van der Waals surface area contributed by atoms with Gasteiger partial charge in [0.2, 0.25) is 0 Å². The van der Waals surface area contributed by atoms with Gasteiger partial charge >= 0.3 is 0 Å². The van der Waals surface area contributed by atoms with E-state index in [1.165, 1.54) is 0 Å². The van der Waals surface area contributed by atoms with Crippen LogP contribution in [0.15, 0.2) is 54.9 Å². The number of pyridine rings is 1. The van der Waals surface area contributed by atoms with Crippen molar-refractivity contribution in [3.05, 3.63) is 66.1 Å². The van der Waals surface area contributed by atoms with E-state index in [4.69, 9.17) is 4.74 Å². The number of nitrogens with zero attached hydrogens (tertiary/aromatic N) is 3. The van der Waals surface area contributed by atoms with Crippen LogP contribution >= 0.6 is 0 Å². The van der Waals surface area contributed by atoms with Crippen LogP contribution in [0, 0.1) is 11.3 Å². The predicted molar refractivity (Wildman–Crippen MR) is 88.3 cm³/mol. The summed E-state index contributed by atoms with van der Waals surface area (Å²) in [4.78, 5) is 4.22. The average Bonchev–Trinajstić information content (AvgIpc) is 3.08. The van der Waals surface area contributed by atoms with Gasteiger partial charge < -0.3 is 4.74 Å². The van der Waals surface area contributed by atoms with E-state index >= 15 is 0 Å². The van der Waals surface area contributed by atoms with Gasteiger partial charge in [0.15, 0.2) is 0 Å². The Kier molecular flexibility index (Phi) is 4.16. The number of H-pyrrole nitrogens is 1. The highest BCUT2D eigenvalue weighted by molar-refractivity contribution is 5.91. The summed E-state index contributed by atoms with van der Waals surface area (Å²) in [6, 6.07) is 15.3. The molecule has 0 aliphatic heterocycles. The lowest BCUT2D eigenvalue weighted by Gasteiger charge is -2.03. The third-order valence-electron chi connectivity index (χ3n) is 3.41. The maximum Gasteiger partial charge on any atom is 0.118 e. The van der Waals surface area contributed by atoms with Crippen molar-refractivity contribution in [3.63, 3.8) is 0 Å². The Balaban J connectivity index is 2.00. The molecule has 0 fully saturated rings. The monoisotopic (exact) mass is 302 g/mol. The van der Waals surface area contributed by atoms with Crippen molar-refractivity contribution in [3.8, 4) is 23.1 Å². The smallest absolute Gasteiger partial charge is 0.118 e. The minimum Gasteiger partial charge on any atom is -0.497 e. The molecule has 0 bridgehead atoms. The van der Waals surface area contributed by atoms with Crippen molar-refractivity contribution < 1.29 is 4.74 Å². The first-order valence-corrected chi connectivity index (χ1v) is 7.03. The molecule has 1 aromatic carbocycles. The lowest BCUT2D eigenvalue weighted by Crippen LogP contribution is -1.87. The van der Waals surface area contributed by atoms with Gasteiger partial charge in [-0.15, -0.1) is 0 Å². The highest BCUT2D eigenvalue weighted by Crippen LogP contribution is 2.26. The van der Waals surface area contributed by atoms with E-state index < -0.39 is 0 Å². The SMILES string of the molecule is COc1ccc(-c2[nH]ncc2C=C(C#N)c2ccccn2)cc1. The van der Waals surface area contributed by atoms with E-state index in [0.29, 0.717) is 11.3 Å². The van der Waals surface area contributed by atoms with Crippen LogP contribution in [0.1, 0.15) is 11.3 Å². The Morgan fingerprint density at radius 1 is 1.22 bits per heavy atom. The van der Waals surface area contributed by atoms with E-state index in [2.05, 4.69) is 21.3 Å². The topological polar surface area (TPSA) is 74.6 Å². The van der Waals surface area contributed by atoms with Crippen LogP contribution in [-0.2, 0) is 0 Å². The first-order chi connectivity index (χ1) is 11.3. The molecular weight excluding hydrogens is 288 g/mol. The zero-order chi connectivity index (χ0) is 16.1. The third kappa shape index (κ3) is 3.11. The summed E-state index contributed by atoms with van der Waals surface area (Å²) in [7, 11) is 1.63. The average molecular weight is 302 g/mol. The molecule has 0 spiro atoms. The van der Waals surface area contributed by atoms with Crippen LogP contribution in [0.5, 0.6) is 5.75 Å². The van der Waals surface area contributed by atoms with E-state index in [1.54, 1.807) is 25.6 Å². The summed E-state index contributed by atoms with van der Waals surface area (Å²) in [5.41, 5.74) is 3.76. The minimum absolute atomic E-state index is 0.488. The van der Waals surface area contributed by atoms with Gasteiger partial charge in [0.1, 0.15) is 11.8 Å². The highest BCUT2D eigenvalue weighted by Gasteiger charge is 2.09. The number of hydrogen-bond acceptors (Lipinski definition) is 4. The Labute approximate surface area is 133 Å². The number of allylic oxidation sites excluding steroid dienone is 1. The van der Waals surface area contributed by atoms with Crippen molar-refractivity contribution in [2.75, 3.05) is 7.11 Å². The summed E-state index contributed by atoms with van der Waals surface area (Å²) in [5, 5.41) is 16.5. The largest absolute Gasteiger partial charge is 0.497 e. The van der Waals surface area contributed by atoms with E-state index in [9.17, 15) is 5.26 Å². The maximum absolute atomic E-state index is 9.40. The fourth-order valence-electron chi connectivity index (χ4n) is 2.23. The molecule has 0 aliphatic carbocycles. The fourth-order valence-corrected chi connectivity index (χ4v) is 2.23. The standard InChI is InChI=1S/C18H14N4O/c1-23-16-7-5-13(6-8-16)18-15(12-21-22-18)10-14(11-19)17-4-2-3-9-20-17/h2-10,12H,1H3,(H,21,22). The molecule has 0 radical (unpaired) electrons. The number of aromatic amines is 1. The number of nitriles is 1. The Morgan fingerprint density at radius 2 is 2.04 bits per heavy atom. The number of methoxy groups -OCH3 is 1. The van der Waals surface area contributed by atoms with Crippen LogP contribution in [0.25, 0.3) is 22.9 Å². The number of nitrogens with one attached hydrogen (secondary N) is 1. The quantitative estimate of drug-likeness (QED) is 0.748. The van der Waals surface area contributed by atoms with Crippen LogP contribution in [0.4, 0.5) is 0 Å². The molecule has 5 nitrogen and oxygen atoms in total. The third-order valence-corrected chi connectivity index (χ3v) is 3.41. The number of rotatable bonds is 4. The highest BCUT2D eigenvalue weighted by atomic mass is 16.5. The first-order valence-electron chi connectivity index (χ1n) is 7.03. The molecular formula is C18H14N4O. The van der Waals surface area contributed by atoms with Crippen molar-refractivity contribution in [2.24, 2.45) is 0 Å². The summed E-state index contributed by atoms with van der Waals surface area (Å²) in [5.74, 6) is 0.788. The molecule has 0 amide bonds. The van der Waals surface area contributed by atoms with Crippen molar-refractivity contribution >= 4 is 11.6 Å². The predicted octanol–water partition coefficient (Wildman–Crippen LogP) is 3.54.